The molecule has 6 atom stereocenters. The zero-order chi connectivity index (χ0) is 29.6. The Kier molecular flexibility index (Phi) is 9.85. The fraction of sp³-hybridized carbons (Fsp3) is 0.333. The summed E-state index contributed by atoms with van der Waals surface area (Å²) in [6.45, 7) is 5.31. The highest BCUT2D eigenvalue weighted by Gasteiger charge is 2.39. The van der Waals surface area contributed by atoms with Crippen LogP contribution in [0.1, 0.15) is 60.2 Å². The van der Waals surface area contributed by atoms with Gasteiger partial charge < -0.3 is 25.4 Å². The lowest BCUT2D eigenvalue weighted by Gasteiger charge is -2.43. The molecule has 0 saturated carbocycles. The number of likely N-dealkylation sites (N-methyl/N-ethyl adjacent to an activating group) is 1. The predicted octanol–water partition coefficient (Wildman–Crippen LogP) is 6.15. The number of hydrogen-bond donors (Lipinski definition) is 3. The lowest BCUT2D eigenvalue weighted by molar-refractivity contribution is -0.276. The maximum atomic E-state index is 11.1. The number of nitrogens with zero attached hydrogens (tertiary/aromatic N) is 1. The number of rotatable bonds is 10. The van der Waals surface area contributed by atoms with Gasteiger partial charge in [-0.25, -0.2) is 0 Å². The van der Waals surface area contributed by atoms with Gasteiger partial charge >= 0.3 is 0 Å². The largest absolute Gasteiger partial charge is 0.392 e. The zero-order valence-corrected chi connectivity index (χ0v) is 24.6. The smallest absolute Gasteiger partial charge is 0.184 e. The van der Waals surface area contributed by atoms with E-state index in [2.05, 4.69) is 36.1 Å². The molecule has 1 heterocycles. The molecule has 6 nitrogen and oxygen atoms in total. The van der Waals surface area contributed by atoms with Crippen molar-refractivity contribution in [2.24, 2.45) is 11.7 Å². The minimum atomic E-state index is -0.620. The Hall–Kier alpha value is -3.36. The molecule has 0 bridgehead atoms. The van der Waals surface area contributed by atoms with E-state index in [9.17, 15) is 10.2 Å². The second kappa shape index (κ2) is 13.7. The van der Waals surface area contributed by atoms with Crippen molar-refractivity contribution in [1.82, 2.24) is 4.90 Å². The fourth-order valence-corrected chi connectivity index (χ4v) is 5.69. The van der Waals surface area contributed by atoms with Crippen LogP contribution in [0, 0.1) is 5.92 Å². The summed E-state index contributed by atoms with van der Waals surface area (Å²) in [6, 6.07) is 34.2. The second-order valence-corrected chi connectivity index (χ2v) is 11.4. The Morgan fingerprint density at radius 2 is 1.50 bits per heavy atom. The van der Waals surface area contributed by atoms with Crippen molar-refractivity contribution in [3.05, 3.63) is 131 Å². The van der Waals surface area contributed by atoms with Crippen LogP contribution in [-0.4, -0.2) is 40.9 Å². The molecule has 1 aliphatic heterocycles. The standard InChI is InChI=1S/C36H42N2O4/c1-24-33(22-38(3)25(2)34(40)28-10-5-4-6-11-28)41-36(42-35(24)29-17-15-26(23-39)16-18-29)32-14-8-13-31(20-32)30-12-7-9-27(19-30)21-37/h4-20,24-25,33-36,39-40H,21-23,37H2,1-3H3/t24-,25+,33+,34+,35+,36+/m1/s1. The zero-order valence-electron chi connectivity index (χ0n) is 24.6. The van der Waals surface area contributed by atoms with Crippen LogP contribution in [-0.2, 0) is 22.6 Å². The SMILES string of the molecule is C[C@@H]1[C@H](CN(C)[C@@H](C)[C@H](O)c2ccccc2)O[C@H](c2cccc(-c3cccc(CN)c3)c2)O[C@@H]1c1ccc(CO)cc1. The van der Waals surface area contributed by atoms with E-state index in [0.29, 0.717) is 13.1 Å². The molecule has 0 amide bonds. The number of hydrogen-bond acceptors (Lipinski definition) is 6. The normalized spacial score (nSPS) is 22.2. The van der Waals surface area contributed by atoms with Gasteiger partial charge in [0.15, 0.2) is 6.29 Å². The van der Waals surface area contributed by atoms with E-state index in [4.69, 9.17) is 15.2 Å². The van der Waals surface area contributed by atoms with Crippen molar-refractivity contribution in [1.29, 1.82) is 0 Å². The van der Waals surface area contributed by atoms with Crippen LogP contribution >= 0.6 is 0 Å². The second-order valence-electron chi connectivity index (χ2n) is 11.4. The molecule has 220 valence electrons. The Bertz CT molecular complexity index is 1430. The highest BCUT2D eigenvalue weighted by atomic mass is 16.7. The molecule has 0 aromatic heterocycles. The first-order valence-corrected chi connectivity index (χ1v) is 14.7. The van der Waals surface area contributed by atoms with Crippen LogP contribution in [0.3, 0.4) is 0 Å². The Morgan fingerprint density at radius 1 is 0.810 bits per heavy atom. The van der Waals surface area contributed by atoms with Gasteiger partial charge in [0.25, 0.3) is 0 Å². The van der Waals surface area contributed by atoms with Gasteiger partial charge in [-0.05, 0) is 59.5 Å². The lowest BCUT2D eigenvalue weighted by atomic mass is 9.89. The fourth-order valence-electron chi connectivity index (χ4n) is 5.69. The molecular weight excluding hydrogens is 524 g/mol. The average molecular weight is 567 g/mol. The maximum Gasteiger partial charge on any atom is 0.184 e. The van der Waals surface area contributed by atoms with Crippen molar-refractivity contribution in [3.8, 4) is 11.1 Å². The van der Waals surface area contributed by atoms with Crippen LogP contribution in [0.5, 0.6) is 0 Å². The quantitative estimate of drug-likeness (QED) is 0.213. The highest BCUT2D eigenvalue weighted by Crippen LogP contribution is 2.42. The van der Waals surface area contributed by atoms with Crippen molar-refractivity contribution >= 4 is 0 Å². The van der Waals surface area contributed by atoms with Crippen LogP contribution < -0.4 is 5.73 Å². The molecule has 5 rings (SSSR count). The first kappa shape index (κ1) is 30.1. The van der Waals surface area contributed by atoms with E-state index in [1.54, 1.807) is 0 Å². The summed E-state index contributed by atoms with van der Waals surface area (Å²) in [7, 11) is 2.04. The van der Waals surface area contributed by atoms with E-state index in [1.807, 2.05) is 92.8 Å². The molecule has 4 aromatic carbocycles. The van der Waals surface area contributed by atoms with Gasteiger partial charge in [0.05, 0.1) is 24.9 Å². The van der Waals surface area contributed by atoms with Gasteiger partial charge in [0.2, 0.25) is 0 Å². The van der Waals surface area contributed by atoms with Crippen molar-refractivity contribution < 1.29 is 19.7 Å². The van der Waals surface area contributed by atoms with Crippen molar-refractivity contribution in [3.63, 3.8) is 0 Å². The molecule has 6 heteroatoms. The first-order chi connectivity index (χ1) is 20.4. The molecule has 4 aromatic rings. The molecule has 0 radical (unpaired) electrons. The summed E-state index contributed by atoms with van der Waals surface area (Å²) >= 11 is 0. The number of benzene rings is 4. The summed E-state index contributed by atoms with van der Waals surface area (Å²) in [5.74, 6) is 0.0363. The van der Waals surface area contributed by atoms with E-state index in [1.165, 1.54) is 0 Å². The monoisotopic (exact) mass is 566 g/mol. The Morgan fingerprint density at radius 3 is 2.19 bits per heavy atom. The van der Waals surface area contributed by atoms with E-state index in [-0.39, 0.29) is 30.8 Å². The minimum absolute atomic E-state index is 0.000289. The summed E-state index contributed by atoms with van der Waals surface area (Å²) < 4.78 is 13.4. The molecular formula is C36H42N2O4. The van der Waals surface area contributed by atoms with E-state index >= 15 is 0 Å². The minimum Gasteiger partial charge on any atom is -0.392 e. The Balaban J connectivity index is 1.42. The number of nitrogens with two attached hydrogens (primary N) is 1. The number of ether oxygens (including phenoxy) is 2. The third-order valence-corrected chi connectivity index (χ3v) is 8.54. The predicted molar refractivity (Wildman–Crippen MR) is 166 cm³/mol. The maximum absolute atomic E-state index is 11.1. The van der Waals surface area contributed by atoms with Gasteiger partial charge in [-0.2, -0.15) is 0 Å². The molecule has 42 heavy (non-hydrogen) atoms. The van der Waals surface area contributed by atoms with Crippen molar-refractivity contribution in [2.45, 2.75) is 57.6 Å². The average Bonchev–Trinajstić information content (AvgIpc) is 3.05. The molecule has 1 saturated heterocycles. The number of aliphatic hydroxyl groups excluding tert-OH is 2. The van der Waals surface area contributed by atoms with Crippen LogP contribution in [0.25, 0.3) is 11.1 Å². The summed E-state index contributed by atoms with van der Waals surface area (Å²) in [5.41, 5.74) is 12.9. The van der Waals surface area contributed by atoms with Crippen LogP contribution in [0.4, 0.5) is 0 Å². The number of aliphatic hydroxyl groups is 2. The molecule has 4 N–H and O–H groups in total. The molecule has 1 aliphatic rings. The van der Waals surface area contributed by atoms with Crippen LogP contribution in [0.15, 0.2) is 103 Å². The highest BCUT2D eigenvalue weighted by molar-refractivity contribution is 5.65. The van der Waals surface area contributed by atoms with Gasteiger partial charge in [-0.15, -0.1) is 0 Å². The third kappa shape index (κ3) is 6.81. The summed E-state index contributed by atoms with van der Waals surface area (Å²) in [6.07, 6.45) is -1.57. The van der Waals surface area contributed by atoms with E-state index < -0.39 is 12.4 Å². The first-order valence-electron chi connectivity index (χ1n) is 14.7. The molecule has 0 spiro atoms. The third-order valence-electron chi connectivity index (χ3n) is 8.54. The van der Waals surface area contributed by atoms with E-state index in [0.717, 1.165) is 38.9 Å². The Labute approximate surface area is 249 Å². The van der Waals surface area contributed by atoms with Crippen molar-refractivity contribution in [2.75, 3.05) is 13.6 Å². The molecule has 1 fully saturated rings. The summed E-state index contributed by atoms with van der Waals surface area (Å²) in [4.78, 5) is 2.17. The van der Waals surface area contributed by atoms with Gasteiger partial charge in [0.1, 0.15) is 0 Å². The van der Waals surface area contributed by atoms with Crippen LogP contribution in [0.2, 0.25) is 0 Å². The lowest BCUT2D eigenvalue weighted by Crippen LogP contribution is -2.46. The molecule has 0 unspecified atom stereocenters. The van der Waals surface area contributed by atoms with Gasteiger partial charge in [0, 0.05) is 30.6 Å². The summed E-state index contributed by atoms with van der Waals surface area (Å²) in [5, 5.41) is 20.7. The van der Waals surface area contributed by atoms with Gasteiger partial charge in [-0.3, -0.25) is 4.90 Å². The molecule has 0 aliphatic carbocycles. The van der Waals surface area contributed by atoms with Gasteiger partial charge in [-0.1, -0.05) is 97.9 Å². The topological polar surface area (TPSA) is 88.2 Å².